The number of ether oxygens (including phenoxy) is 2. The van der Waals surface area contributed by atoms with Crippen LogP contribution in [-0.4, -0.2) is 30.8 Å². The fraction of sp³-hybridized carbons (Fsp3) is 0.211. The molecule has 0 spiro atoms. The van der Waals surface area contributed by atoms with Crippen molar-refractivity contribution in [3.63, 3.8) is 0 Å². The van der Waals surface area contributed by atoms with Crippen LogP contribution in [0.25, 0.3) is 0 Å². The van der Waals surface area contributed by atoms with Crippen LogP contribution in [-0.2, 0) is 9.53 Å². The predicted octanol–water partition coefficient (Wildman–Crippen LogP) is 4.09. The minimum absolute atomic E-state index is 0.161. The van der Waals surface area contributed by atoms with Crippen LogP contribution in [0.3, 0.4) is 0 Å². The van der Waals surface area contributed by atoms with Crippen molar-refractivity contribution in [2.75, 3.05) is 6.61 Å². The molecule has 142 valence electrons. The van der Waals surface area contributed by atoms with Gasteiger partial charge in [0, 0.05) is 5.56 Å². The Bertz CT molecular complexity index is 836. The summed E-state index contributed by atoms with van der Waals surface area (Å²) in [7, 11) is 0. The highest BCUT2D eigenvalue weighted by Gasteiger charge is 2.07. The zero-order valence-corrected chi connectivity index (χ0v) is 16.3. The number of halogens is 2. The van der Waals surface area contributed by atoms with Gasteiger partial charge in [-0.2, -0.15) is 5.10 Å². The number of nitrogens with zero attached hydrogens (tertiary/aromatic N) is 1. The number of hydrazone groups is 1. The van der Waals surface area contributed by atoms with Crippen molar-refractivity contribution < 1.29 is 19.1 Å². The topological polar surface area (TPSA) is 77.0 Å². The monoisotopic (exact) mass is 408 g/mol. The standard InChI is InChI=1S/C19H18Cl2N2O4/c1-12(2)27-18(24)11-26-15-6-3-13(4-7-15)10-22-23-19(25)14-5-8-16(20)17(21)9-14/h3-10,12H,11H2,1-2H3,(H,23,25)/b22-10-. The van der Waals surface area contributed by atoms with Gasteiger partial charge in [0.25, 0.3) is 5.91 Å². The second-order valence-corrected chi connectivity index (χ2v) is 6.54. The minimum atomic E-state index is -0.430. The summed E-state index contributed by atoms with van der Waals surface area (Å²) in [4.78, 5) is 23.4. The van der Waals surface area contributed by atoms with Gasteiger partial charge in [0.2, 0.25) is 0 Å². The van der Waals surface area contributed by atoms with E-state index in [-0.39, 0.29) is 12.7 Å². The molecule has 2 aromatic rings. The molecule has 0 heterocycles. The number of hydrogen-bond acceptors (Lipinski definition) is 5. The van der Waals surface area contributed by atoms with Crippen LogP contribution in [0, 0.1) is 0 Å². The molecule has 0 aliphatic heterocycles. The summed E-state index contributed by atoms with van der Waals surface area (Å²) in [5.41, 5.74) is 3.49. The Morgan fingerprint density at radius 1 is 1.11 bits per heavy atom. The van der Waals surface area contributed by atoms with Gasteiger partial charge in [-0.15, -0.1) is 0 Å². The van der Waals surface area contributed by atoms with Crippen LogP contribution in [0.2, 0.25) is 10.0 Å². The molecule has 27 heavy (non-hydrogen) atoms. The first-order chi connectivity index (χ1) is 12.8. The van der Waals surface area contributed by atoms with Crippen molar-refractivity contribution >= 4 is 41.3 Å². The van der Waals surface area contributed by atoms with E-state index < -0.39 is 11.9 Å². The molecule has 0 saturated heterocycles. The molecule has 1 amide bonds. The number of esters is 1. The molecule has 0 aromatic heterocycles. The largest absolute Gasteiger partial charge is 0.482 e. The van der Waals surface area contributed by atoms with Gasteiger partial charge < -0.3 is 9.47 Å². The third-order valence-electron chi connectivity index (χ3n) is 3.17. The Morgan fingerprint density at radius 3 is 2.44 bits per heavy atom. The van der Waals surface area contributed by atoms with Crippen molar-refractivity contribution in [1.29, 1.82) is 0 Å². The van der Waals surface area contributed by atoms with E-state index in [0.29, 0.717) is 21.4 Å². The van der Waals surface area contributed by atoms with Crippen LogP contribution < -0.4 is 10.2 Å². The average Bonchev–Trinajstić information content (AvgIpc) is 2.62. The van der Waals surface area contributed by atoms with Crippen molar-refractivity contribution in [2.45, 2.75) is 20.0 Å². The number of benzene rings is 2. The zero-order valence-electron chi connectivity index (χ0n) is 14.7. The van der Waals surface area contributed by atoms with E-state index in [1.807, 2.05) is 0 Å². The molecule has 6 nitrogen and oxygen atoms in total. The van der Waals surface area contributed by atoms with Crippen LogP contribution in [0.4, 0.5) is 0 Å². The summed E-state index contributed by atoms with van der Waals surface area (Å²) in [5.74, 6) is -0.318. The normalized spacial score (nSPS) is 10.9. The number of carbonyl (C=O) groups excluding carboxylic acids is 2. The molecule has 0 saturated carbocycles. The number of hydrogen-bond donors (Lipinski definition) is 1. The molecular formula is C19H18Cl2N2O4. The minimum Gasteiger partial charge on any atom is -0.482 e. The van der Waals surface area contributed by atoms with Gasteiger partial charge in [0.1, 0.15) is 5.75 Å². The molecular weight excluding hydrogens is 391 g/mol. The highest BCUT2D eigenvalue weighted by atomic mass is 35.5. The second kappa shape index (κ2) is 9.94. The Kier molecular flexibility index (Phi) is 7.64. The lowest BCUT2D eigenvalue weighted by molar-refractivity contribution is -0.149. The highest BCUT2D eigenvalue weighted by molar-refractivity contribution is 6.42. The van der Waals surface area contributed by atoms with Gasteiger partial charge in [-0.05, 0) is 61.9 Å². The van der Waals surface area contributed by atoms with Gasteiger partial charge in [-0.3, -0.25) is 4.79 Å². The molecule has 0 bridgehead atoms. The Labute approximate surface area is 167 Å². The number of rotatable bonds is 7. The Hall–Kier alpha value is -2.57. The van der Waals surface area contributed by atoms with Gasteiger partial charge in [-0.1, -0.05) is 23.2 Å². The van der Waals surface area contributed by atoms with Crippen LogP contribution in [0.5, 0.6) is 5.75 Å². The summed E-state index contributed by atoms with van der Waals surface area (Å²) in [6.07, 6.45) is 1.30. The lowest BCUT2D eigenvalue weighted by Gasteiger charge is -2.09. The fourth-order valence-corrected chi connectivity index (χ4v) is 2.25. The maximum atomic E-state index is 12.0. The Morgan fingerprint density at radius 2 is 1.81 bits per heavy atom. The summed E-state index contributed by atoms with van der Waals surface area (Å²) >= 11 is 11.7. The predicted molar refractivity (Wildman–Crippen MR) is 105 cm³/mol. The first-order valence-corrected chi connectivity index (χ1v) is 8.81. The van der Waals surface area contributed by atoms with Crippen LogP contribution >= 0.6 is 23.2 Å². The lowest BCUT2D eigenvalue weighted by Crippen LogP contribution is -2.18. The summed E-state index contributed by atoms with van der Waals surface area (Å²) < 4.78 is 10.3. The molecule has 0 unspecified atom stereocenters. The second-order valence-electron chi connectivity index (χ2n) is 5.72. The molecule has 0 fully saturated rings. The van der Waals surface area contributed by atoms with E-state index in [1.165, 1.54) is 18.3 Å². The Balaban J connectivity index is 1.85. The van der Waals surface area contributed by atoms with E-state index >= 15 is 0 Å². The van der Waals surface area contributed by atoms with Crippen molar-refractivity contribution in [1.82, 2.24) is 5.43 Å². The van der Waals surface area contributed by atoms with Gasteiger partial charge in [0.15, 0.2) is 6.61 Å². The number of carbonyl (C=O) groups is 2. The zero-order chi connectivity index (χ0) is 19.8. The molecule has 8 heteroatoms. The molecule has 0 aliphatic carbocycles. The number of amides is 1. The van der Waals surface area contributed by atoms with Crippen molar-refractivity contribution in [3.05, 3.63) is 63.6 Å². The van der Waals surface area contributed by atoms with Gasteiger partial charge in [0.05, 0.1) is 22.4 Å². The molecule has 0 radical (unpaired) electrons. The lowest BCUT2D eigenvalue weighted by atomic mass is 10.2. The molecule has 1 N–H and O–H groups in total. The smallest absolute Gasteiger partial charge is 0.344 e. The summed E-state index contributed by atoms with van der Waals surface area (Å²) in [5, 5.41) is 4.56. The first kappa shape index (κ1) is 20.7. The fourth-order valence-electron chi connectivity index (χ4n) is 1.96. The third-order valence-corrected chi connectivity index (χ3v) is 3.90. The van der Waals surface area contributed by atoms with Crippen LogP contribution in [0.1, 0.15) is 29.8 Å². The maximum Gasteiger partial charge on any atom is 0.344 e. The summed E-state index contributed by atoms with van der Waals surface area (Å²) in [6.45, 7) is 3.38. The SMILES string of the molecule is CC(C)OC(=O)COc1ccc(/C=N\NC(=O)c2ccc(Cl)c(Cl)c2)cc1. The van der Waals surface area contributed by atoms with Gasteiger partial charge >= 0.3 is 5.97 Å². The average molecular weight is 409 g/mol. The van der Waals surface area contributed by atoms with Crippen molar-refractivity contribution in [3.8, 4) is 5.75 Å². The highest BCUT2D eigenvalue weighted by Crippen LogP contribution is 2.22. The van der Waals surface area contributed by atoms with Crippen molar-refractivity contribution in [2.24, 2.45) is 5.10 Å². The molecule has 0 aliphatic rings. The summed E-state index contributed by atoms with van der Waals surface area (Å²) in [6, 6.07) is 11.4. The quantitative estimate of drug-likeness (QED) is 0.425. The maximum absolute atomic E-state index is 12.0. The van der Waals surface area contributed by atoms with E-state index in [2.05, 4.69) is 10.5 Å². The third kappa shape index (κ3) is 6.92. The van der Waals surface area contributed by atoms with Crippen LogP contribution in [0.15, 0.2) is 47.6 Å². The molecule has 2 rings (SSSR count). The number of nitrogens with one attached hydrogen (secondary N) is 1. The van der Waals surface area contributed by atoms with E-state index in [1.54, 1.807) is 44.2 Å². The first-order valence-electron chi connectivity index (χ1n) is 8.06. The molecule has 2 aromatic carbocycles. The molecule has 0 atom stereocenters. The van der Waals surface area contributed by atoms with E-state index in [0.717, 1.165) is 5.56 Å². The van der Waals surface area contributed by atoms with E-state index in [4.69, 9.17) is 32.7 Å². The van der Waals surface area contributed by atoms with E-state index in [9.17, 15) is 9.59 Å². The van der Waals surface area contributed by atoms with Gasteiger partial charge in [-0.25, -0.2) is 10.2 Å².